The lowest BCUT2D eigenvalue weighted by atomic mass is 10.1. The highest BCUT2D eigenvalue weighted by Gasteiger charge is 2.01. The van der Waals surface area contributed by atoms with E-state index in [1.165, 1.54) is 22.4 Å². The zero-order chi connectivity index (χ0) is 12.3. The molecule has 0 unspecified atom stereocenters. The third kappa shape index (κ3) is 2.70. The summed E-state index contributed by atoms with van der Waals surface area (Å²) in [4.78, 5) is 0. The van der Waals surface area contributed by atoms with Crippen molar-refractivity contribution in [2.45, 2.75) is 33.9 Å². The van der Waals surface area contributed by atoms with Crippen LogP contribution in [-0.4, -0.2) is 4.57 Å². The minimum absolute atomic E-state index is 0.886. The van der Waals surface area contributed by atoms with Gasteiger partial charge in [-0.25, -0.2) is 0 Å². The zero-order valence-corrected chi connectivity index (χ0v) is 10.8. The van der Waals surface area contributed by atoms with Gasteiger partial charge in [0, 0.05) is 31.2 Å². The molecule has 2 rings (SSSR count). The summed E-state index contributed by atoms with van der Waals surface area (Å²) < 4.78 is 2.19. The molecule has 1 aromatic heterocycles. The van der Waals surface area contributed by atoms with Gasteiger partial charge in [-0.1, -0.05) is 12.1 Å². The molecule has 1 aromatic carbocycles. The van der Waals surface area contributed by atoms with Crippen molar-refractivity contribution in [1.82, 2.24) is 4.57 Å². The third-order valence-electron chi connectivity index (χ3n) is 3.26. The van der Waals surface area contributed by atoms with E-state index in [2.05, 4.69) is 67.3 Å². The van der Waals surface area contributed by atoms with E-state index >= 15 is 0 Å². The van der Waals surface area contributed by atoms with Crippen LogP contribution in [0.5, 0.6) is 0 Å². The van der Waals surface area contributed by atoms with Crippen LogP contribution in [0.25, 0.3) is 0 Å². The molecule has 17 heavy (non-hydrogen) atoms. The van der Waals surface area contributed by atoms with Gasteiger partial charge in [0.1, 0.15) is 0 Å². The van der Waals surface area contributed by atoms with Gasteiger partial charge in [-0.15, -0.1) is 0 Å². The Bertz CT molecular complexity index is 497. The topological polar surface area (TPSA) is 17.0 Å². The van der Waals surface area contributed by atoms with Crippen molar-refractivity contribution in [2.24, 2.45) is 0 Å². The fourth-order valence-corrected chi connectivity index (χ4v) is 1.93. The SMILES string of the molecule is CCn1ccc(CNc2cccc(C)c2C)c1. The molecule has 0 aliphatic heterocycles. The molecule has 0 atom stereocenters. The van der Waals surface area contributed by atoms with Crippen LogP contribution < -0.4 is 5.32 Å². The van der Waals surface area contributed by atoms with Gasteiger partial charge in [0.2, 0.25) is 0 Å². The Morgan fingerprint density at radius 2 is 2.00 bits per heavy atom. The first-order valence-corrected chi connectivity index (χ1v) is 6.15. The maximum absolute atomic E-state index is 3.49. The molecule has 2 nitrogen and oxygen atoms in total. The second kappa shape index (κ2) is 5.09. The van der Waals surface area contributed by atoms with Gasteiger partial charge in [0.05, 0.1) is 0 Å². The molecule has 0 aliphatic carbocycles. The van der Waals surface area contributed by atoms with Crippen LogP contribution >= 0.6 is 0 Å². The molecule has 0 saturated carbocycles. The maximum Gasteiger partial charge on any atom is 0.0415 e. The van der Waals surface area contributed by atoms with Crippen LogP contribution in [0.4, 0.5) is 5.69 Å². The summed E-state index contributed by atoms with van der Waals surface area (Å²) in [6.07, 6.45) is 4.32. The van der Waals surface area contributed by atoms with E-state index in [4.69, 9.17) is 0 Å². The Hall–Kier alpha value is -1.70. The molecule has 1 N–H and O–H groups in total. The Morgan fingerprint density at radius 3 is 2.71 bits per heavy atom. The number of benzene rings is 1. The first-order valence-electron chi connectivity index (χ1n) is 6.15. The van der Waals surface area contributed by atoms with E-state index in [0.717, 1.165) is 13.1 Å². The normalized spacial score (nSPS) is 10.5. The first-order chi connectivity index (χ1) is 8.20. The zero-order valence-electron chi connectivity index (χ0n) is 10.8. The molecule has 0 bridgehead atoms. The Balaban J connectivity index is 2.04. The van der Waals surface area contributed by atoms with Crippen molar-refractivity contribution in [2.75, 3.05) is 5.32 Å². The number of nitrogens with zero attached hydrogens (tertiary/aromatic N) is 1. The summed E-state index contributed by atoms with van der Waals surface area (Å²) in [5, 5.41) is 3.49. The van der Waals surface area contributed by atoms with Gasteiger partial charge in [-0.2, -0.15) is 0 Å². The maximum atomic E-state index is 3.49. The number of aryl methyl sites for hydroxylation is 2. The van der Waals surface area contributed by atoms with Crippen molar-refractivity contribution < 1.29 is 0 Å². The molecule has 2 aromatic rings. The van der Waals surface area contributed by atoms with E-state index in [1.54, 1.807) is 0 Å². The third-order valence-corrected chi connectivity index (χ3v) is 3.26. The molecule has 0 saturated heterocycles. The van der Waals surface area contributed by atoms with Crippen LogP contribution in [0.1, 0.15) is 23.6 Å². The molecule has 1 heterocycles. The van der Waals surface area contributed by atoms with E-state index in [0.29, 0.717) is 0 Å². The molecule has 0 amide bonds. The number of nitrogens with one attached hydrogen (secondary N) is 1. The second-order valence-electron chi connectivity index (χ2n) is 4.45. The van der Waals surface area contributed by atoms with Gasteiger partial charge in [-0.3, -0.25) is 0 Å². The summed E-state index contributed by atoms with van der Waals surface area (Å²) in [5.74, 6) is 0. The molecule has 0 spiro atoms. The smallest absolute Gasteiger partial charge is 0.0415 e. The molecule has 0 fully saturated rings. The lowest BCUT2D eigenvalue weighted by molar-refractivity contribution is 0.766. The first kappa shape index (κ1) is 11.8. The lowest BCUT2D eigenvalue weighted by Crippen LogP contribution is -2.01. The average molecular weight is 228 g/mol. The lowest BCUT2D eigenvalue weighted by Gasteiger charge is -2.10. The highest BCUT2D eigenvalue weighted by Crippen LogP contribution is 2.18. The van der Waals surface area contributed by atoms with Crippen LogP contribution in [0.15, 0.2) is 36.7 Å². The number of anilines is 1. The molecular weight excluding hydrogens is 208 g/mol. The molecule has 0 radical (unpaired) electrons. The Labute approximate surface area is 103 Å². The highest BCUT2D eigenvalue weighted by atomic mass is 14.9. The fraction of sp³-hybridized carbons (Fsp3) is 0.333. The predicted molar refractivity (Wildman–Crippen MR) is 73.3 cm³/mol. The van der Waals surface area contributed by atoms with Gasteiger partial charge in [0.15, 0.2) is 0 Å². The van der Waals surface area contributed by atoms with Crippen LogP contribution in [0, 0.1) is 13.8 Å². The fourth-order valence-electron chi connectivity index (χ4n) is 1.93. The molecule has 2 heteroatoms. The number of aromatic nitrogens is 1. The van der Waals surface area contributed by atoms with E-state index in [-0.39, 0.29) is 0 Å². The van der Waals surface area contributed by atoms with Crippen molar-refractivity contribution >= 4 is 5.69 Å². The van der Waals surface area contributed by atoms with Crippen molar-refractivity contribution in [3.05, 3.63) is 53.3 Å². The monoisotopic (exact) mass is 228 g/mol. The van der Waals surface area contributed by atoms with Gasteiger partial charge in [0.25, 0.3) is 0 Å². The van der Waals surface area contributed by atoms with Crippen LogP contribution in [0.3, 0.4) is 0 Å². The van der Waals surface area contributed by atoms with Crippen molar-refractivity contribution in [1.29, 1.82) is 0 Å². The summed E-state index contributed by atoms with van der Waals surface area (Å²) in [6.45, 7) is 8.38. The van der Waals surface area contributed by atoms with E-state index < -0.39 is 0 Å². The highest BCUT2D eigenvalue weighted by molar-refractivity contribution is 5.53. The minimum Gasteiger partial charge on any atom is -0.381 e. The number of hydrogen-bond acceptors (Lipinski definition) is 1. The quantitative estimate of drug-likeness (QED) is 0.843. The Morgan fingerprint density at radius 1 is 1.18 bits per heavy atom. The van der Waals surface area contributed by atoms with Crippen molar-refractivity contribution in [3.8, 4) is 0 Å². The number of hydrogen-bond donors (Lipinski definition) is 1. The Kier molecular flexibility index (Phi) is 3.52. The molecule has 0 aliphatic rings. The van der Waals surface area contributed by atoms with Crippen LogP contribution in [0.2, 0.25) is 0 Å². The standard InChI is InChI=1S/C15H20N2/c1-4-17-9-8-14(11-17)10-16-15-7-5-6-12(2)13(15)3/h5-9,11,16H,4,10H2,1-3H3. The largest absolute Gasteiger partial charge is 0.381 e. The summed E-state index contributed by atoms with van der Waals surface area (Å²) in [7, 11) is 0. The van der Waals surface area contributed by atoms with E-state index in [9.17, 15) is 0 Å². The minimum atomic E-state index is 0.886. The van der Waals surface area contributed by atoms with Gasteiger partial charge >= 0.3 is 0 Å². The van der Waals surface area contributed by atoms with Crippen molar-refractivity contribution in [3.63, 3.8) is 0 Å². The summed E-state index contributed by atoms with van der Waals surface area (Å²) in [5.41, 5.74) is 5.23. The number of rotatable bonds is 4. The molecule has 90 valence electrons. The summed E-state index contributed by atoms with van der Waals surface area (Å²) in [6, 6.07) is 8.55. The van der Waals surface area contributed by atoms with Crippen LogP contribution in [-0.2, 0) is 13.1 Å². The van der Waals surface area contributed by atoms with E-state index in [1.807, 2.05) is 0 Å². The predicted octanol–water partition coefficient (Wildman–Crippen LogP) is 3.74. The summed E-state index contributed by atoms with van der Waals surface area (Å²) >= 11 is 0. The van der Waals surface area contributed by atoms with Gasteiger partial charge < -0.3 is 9.88 Å². The molecular formula is C15H20N2. The average Bonchev–Trinajstić information content (AvgIpc) is 2.79. The van der Waals surface area contributed by atoms with Gasteiger partial charge in [-0.05, 0) is 49.6 Å². The second-order valence-corrected chi connectivity index (χ2v) is 4.45.